The number of ketones is 1. The Morgan fingerprint density at radius 3 is 2.55 bits per heavy atom. The number of aromatic nitrogens is 1. The lowest BCUT2D eigenvalue weighted by molar-refractivity contribution is 0.0693. The summed E-state index contributed by atoms with van der Waals surface area (Å²) < 4.78 is 5.10. The number of carboxylic acids is 1. The van der Waals surface area contributed by atoms with E-state index < -0.39 is 11.8 Å². The molecule has 2 aromatic rings. The van der Waals surface area contributed by atoms with Crippen LogP contribution in [0.2, 0.25) is 0 Å². The molecular formula is C14H12N2O4. The average Bonchev–Trinajstić information content (AvgIpc) is 2.45. The van der Waals surface area contributed by atoms with Gasteiger partial charge >= 0.3 is 5.97 Å². The number of methoxy groups -OCH3 is 1. The molecule has 0 aliphatic carbocycles. The standard InChI is InChI=1S/C14H12N2O4/c1-20-10-5-3-2-4-8(10)12(17)9-6-7-16-13(15)11(9)14(18)19/h2-7H,1H3,(H2,15,16)(H,18,19). The Kier molecular flexibility index (Phi) is 3.65. The number of ether oxygens (including phenoxy) is 1. The van der Waals surface area contributed by atoms with Gasteiger partial charge in [-0.25, -0.2) is 9.78 Å². The molecule has 102 valence electrons. The van der Waals surface area contributed by atoms with Crippen molar-refractivity contribution in [1.82, 2.24) is 4.98 Å². The number of para-hydroxylation sites is 1. The van der Waals surface area contributed by atoms with Crippen LogP contribution in [-0.4, -0.2) is 29.0 Å². The van der Waals surface area contributed by atoms with Gasteiger partial charge in [-0.05, 0) is 18.2 Å². The van der Waals surface area contributed by atoms with Crippen LogP contribution in [0.3, 0.4) is 0 Å². The molecular weight excluding hydrogens is 260 g/mol. The van der Waals surface area contributed by atoms with Gasteiger partial charge in [-0.3, -0.25) is 4.79 Å². The number of carbonyl (C=O) groups excluding carboxylic acids is 1. The van der Waals surface area contributed by atoms with E-state index in [0.717, 1.165) is 0 Å². The number of nitrogens with two attached hydrogens (primary N) is 1. The molecule has 0 aliphatic rings. The number of nitrogens with zero attached hydrogens (tertiary/aromatic N) is 1. The summed E-state index contributed by atoms with van der Waals surface area (Å²) in [5, 5.41) is 9.17. The summed E-state index contributed by atoms with van der Waals surface area (Å²) in [6.45, 7) is 0. The molecule has 1 aromatic carbocycles. The molecule has 6 nitrogen and oxygen atoms in total. The zero-order chi connectivity index (χ0) is 14.7. The fourth-order valence-electron chi connectivity index (χ4n) is 1.87. The van der Waals surface area contributed by atoms with E-state index in [2.05, 4.69) is 4.98 Å². The van der Waals surface area contributed by atoms with Crippen LogP contribution in [0.25, 0.3) is 0 Å². The normalized spacial score (nSPS) is 10.1. The highest BCUT2D eigenvalue weighted by Crippen LogP contribution is 2.24. The Balaban J connectivity index is 2.60. The van der Waals surface area contributed by atoms with Crippen LogP contribution in [0.4, 0.5) is 5.82 Å². The molecule has 20 heavy (non-hydrogen) atoms. The van der Waals surface area contributed by atoms with E-state index >= 15 is 0 Å². The molecule has 0 bridgehead atoms. The third-order valence-corrected chi connectivity index (χ3v) is 2.79. The highest BCUT2D eigenvalue weighted by molar-refractivity contribution is 6.16. The number of hydrogen-bond acceptors (Lipinski definition) is 5. The first-order valence-electron chi connectivity index (χ1n) is 5.71. The third kappa shape index (κ3) is 2.31. The van der Waals surface area contributed by atoms with Gasteiger partial charge in [-0.2, -0.15) is 0 Å². The topological polar surface area (TPSA) is 103 Å². The number of nitrogen functional groups attached to an aromatic ring is 1. The number of hydrogen-bond donors (Lipinski definition) is 2. The molecule has 0 saturated carbocycles. The molecule has 2 rings (SSSR count). The van der Waals surface area contributed by atoms with Gasteiger partial charge in [0.05, 0.1) is 12.7 Å². The lowest BCUT2D eigenvalue weighted by Crippen LogP contribution is -2.14. The maximum Gasteiger partial charge on any atom is 0.340 e. The van der Waals surface area contributed by atoms with Crippen molar-refractivity contribution in [2.45, 2.75) is 0 Å². The highest BCUT2D eigenvalue weighted by Gasteiger charge is 2.23. The van der Waals surface area contributed by atoms with Crippen molar-refractivity contribution in [3.05, 3.63) is 53.2 Å². The summed E-state index contributed by atoms with van der Waals surface area (Å²) in [4.78, 5) is 27.4. The van der Waals surface area contributed by atoms with Gasteiger partial charge in [0.2, 0.25) is 0 Å². The molecule has 1 heterocycles. The molecule has 0 atom stereocenters. The van der Waals surface area contributed by atoms with Gasteiger partial charge in [-0.1, -0.05) is 12.1 Å². The van der Waals surface area contributed by atoms with Gasteiger partial charge in [0.15, 0.2) is 5.78 Å². The molecule has 0 radical (unpaired) electrons. The monoisotopic (exact) mass is 272 g/mol. The number of pyridine rings is 1. The number of anilines is 1. The summed E-state index contributed by atoms with van der Waals surface area (Å²) in [5.74, 6) is -1.61. The van der Waals surface area contributed by atoms with Crippen LogP contribution >= 0.6 is 0 Å². The molecule has 0 unspecified atom stereocenters. The van der Waals surface area contributed by atoms with Crippen LogP contribution in [0, 0.1) is 0 Å². The SMILES string of the molecule is COc1ccccc1C(=O)c1ccnc(N)c1C(=O)O. The van der Waals surface area contributed by atoms with Crippen molar-refractivity contribution in [2.75, 3.05) is 12.8 Å². The number of benzene rings is 1. The van der Waals surface area contributed by atoms with Crippen molar-refractivity contribution >= 4 is 17.6 Å². The van der Waals surface area contributed by atoms with Crippen LogP contribution in [0.5, 0.6) is 5.75 Å². The molecule has 3 N–H and O–H groups in total. The Labute approximate surface area is 114 Å². The average molecular weight is 272 g/mol. The fraction of sp³-hybridized carbons (Fsp3) is 0.0714. The summed E-state index contributed by atoms with van der Waals surface area (Å²) in [5.41, 5.74) is 5.48. The molecule has 0 aliphatic heterocycles. The maximum atomic E-state index is 12.5. The first-order valence-corrected chi connectivity index (χ1v) is 5.71. The molecule has 1 aromatic heterocycles. The minimum Gasteiger partial charge on any atom is -0.496 e. The fourth-order valence-corrected chi connectivity index (χ4v) is 1.87. The Morgan fingerprint density at radius 2 is 1.90 bits per heavy atom. The summed E-state index contributed by atoms with van der Waals surface area (Å²) in [6, 6.07) is 7.89. The van der Waals surface area contributed by atoms with E-state index in [9.17, 15) is 9.59 Å². The van der Waals surface area contributed by atoms with Crippen LogP contribution in [0.1, 0.15) is 26.3 Å². The lowest BCUT2D eigenvalue weighted by atomic mass is 9.98. The number of carboxylic acid groups (broad SMARTS) is 1. The number of rotatable bonds is 4. The molecule has 0 fully saturated rings. The minimum atomic E-state index is -1.30. The summed E-state index contributed by atoms with van der Waals surface area (Å²) >= 11 is 0. The van der Waals surface area contributed by atoms with Crippen molar-refractivity contribution in [3.63, 3.8) is 0 Å². The van der Waals surface area contributed by atoms with E-state index in [1.165, 1.54) is 19.4 Å². The Morgan fingerprint density at radius 1 is 1.20 bits per heavy atom. The zero-order valence-corrected chi connectivity index (χ0v) is 10.7. The highest BCUT2D eigenvalue weighted by atomic mass is 16.5. The van der Waals surface area contributed by atoms with E-state index in [4.69, 9.17) is 15.6 Å². The quantitative estimate of drug-likeness (QED) is 0.819. The predicted octanol–water partition coefficient (Wildman–Crippen LogP) is 1.60. The number of carbonyl (C=O) groups is 2. The van der Waals surface area contributed by atoms with Crippen LogP contribution in [-0.2, 0) is 0 Å². The molecule has 0 saturated heterocycles. The Bertz CT molecular complexity index is 683. The first-order chi connectivity index (χ1) is 9.56. The summed E-state index contributed by atoms with van der Waals surface area (Å²) in [7, 11) is 1.44. The zero-order valence-electron chi connectivity index (χ0n) is 10.7. The van der Waals surface area contributed by atoms with Gasteiger partial charge in [-0.15, -0.1) is 0 Å². The second kappa shape index (κ2) is 5.40. The Hall–Kier alpha value is -2.89. The van der Waals surface area contributed by atoms with Crippen molar-refractivity contribution in [3.8, 4) is 5.75 Å². The third-order valence-electron chi connectivity index (χ3n) is 2.79. The van der Waals surface area contributed by atoms with E-state index in [0.29, 0.717) is 5.75 Å². The van der Waals surface area contributed by atoms with E-state index in [-0.39, 0.29) is 22.5 Å². The van der Waals surface area contributed by atoms with Gasteiger partial charge in [0.1, 0.15) is 17.1 Å². The molecule has 0 amide bonds. The molecule has 0 spiro atoms. The van der Waals surface area contributed by atoms with Gasteiger partial charge in [0, 0.05) is 11.8 Å². The van der Waals surface area contributed by atoms with Crippen molar-refractivity contribution in [1.29, 1.82) is 0 Å². The van der Waals surface area contributed by atoms with Crippen molar-refractivity contribution < 1.29 is 19.4 Å². The van der Waals surface area contributed by atoms with E-state index in [1.807, 2.05) is 0 Å². The molecule has 6 heteroatoms. The maximum absolute atomic E-state index is 12.5. The van der Waals surface area contributed by atoms with Crippen LogP contribution < -0.4 is 10.5 Å². The lowest BCUT2D eigenvalue weighted by Gasteiger charge is -2.10. The largest absolute Gasteiger partial charge is 0.496 e. The predicted molar refractivity (Wildman–Crippen MR) is 72.0 cm³/mol. The number of aromatic carboxylic acids is 1. The smallest absolute Gasteiger partial charge is 0.340 e. The van der Waals surface area contributed by atoms with E-state index in [1.54, 1.807) is 24.3 Å². The van der Waals surface area contributed by atoms with Crippen molar-refractivity contribution in [2.24, 2.45) is 0 Å². The second-order valence-corrected chi connectivity index (χ2v) is 3.95. The first kappa shape index (κ1) is 13.5. The van der Waals surface area contributed by atoms with Gasteiger partial charge in [0.25, 0.3) is 0 Å². The minimum absolute atomic E-state index is 0.0190. The van der Waals surface area contributed by atoms with Gasteiger partial charge < -0.3 is 15.6 Å². The second-order valence-electron chi connectivity index (χ2n) is 3.95. The van der Waals surface area contributed by atoms with Crippen LogP contribution in [0.15, 0.2) is 36.5 Å². The summed E-state index contributed by atoms with van der Waals surface area (Å²) in [6.07, 6.45) is 1.30.